The monoisotopic (exact) mass is 344 g/mol. The number of thiophene rings is 1. The summed E-state index contributed by atoms with van der Waals surface area (Å²) in [6, 6.07) is 11.2. The van der Waals surface area contributed by atoms with Gasteiger partial charge in [0.15, 0.2) is 6.10 Å². The van der Waals surface area contributed by atoms with E-state index in [0.29, 0.717) is 23.9 Å². The molecule has 0 amide bonds. The molecule has 0 radical (unpaired) electrons. The van der Waals surface area contributed by atoms with E-state index in [1.165, 1.54) is 0 Å². The van der Waals surface area contributed by atoms with Crippen LogP contribution in [0.15, 0.2) is 46.3 Å². The van der Waals surface area contributed by atoms with Crippen molar-refractivity contribution in [1.82, 2.24) is 10.1 Å². The van der Waals surface area contributed by atoms with Crippen LogP contribution in [0, 0.1) is 0 Å². The molecular weight excluding hydrogens is 328 g/mol. The number of carboxylic acids is 1. The van der Waals surface area contributed by atoms with Gasteiger partial charge >= 0.3 is 5.97 Å². The highest BCUT2D eigenvalue weighted by atomic mass is 32.1. The fraction of sp³-hybridized carbons (Fsp3) is 0.235. The molecule has 0 saturated heterocycles. The number of nitrogens with zero attached hydrogens (tertiary/aromatic N) is 2. The number of carbonyl (C=O) groups is 1. The molecule has 3 aromatic rings. The lowest BCUT2D eigenvalue weighted by molar-refractivity contribution is -0.136. The van der Waals surface area contributed by atoms with Gasteiger partial charge in [0, 0.05) is 6.42 Å². The van der Waals surface area contributed by atoms with Crippen LogP contribution in [0.25, 0.3) is 10.7 Å². The molecule has 1 aromatic carbocycles. The van der Waals surface area contributed by atoms with Crippen molar-refractivity contribution in [3.63, 3.8) is 0 Å². The third-order valence-corrected chi connectivity index (χ3v) is 4.26. The van der Waals surface area contributed by atoms with Gasteiger partial charge in [-0.2, -0.15) is 4.98 Å². The Hall–Kier alpha value is -2.67. The van der Waals surface area contributed by atoms with Gasteiger partial charge in [-0.15, -0.1) is 11.3 Å². The fourth-order valence-electron chi connectivity index (χ4n) is 2.15. The van der Waals surface area contributed by atoms with Crippen LogP contribution in [0.4, 0.5) is 0 Å². The lowest BCUT2D eigenvalue weighted by Gasteiger charge is -2.11. The number of benzene rings is 1. The van der Waals surface area contributed by atoms with Gasteiger partial charge in [0.05, 0.1) is 4.88 Å². The van der Waals surface area contributed by atoms with Crippen molar-refractivity contribution in [3.05, 3.63) is 53.2 Å². The second-order valence-electron chi connectivity index (χ2n) is 5.23. The van der Waals surface area contributed by atoms with Crippen molar-refractivity contribution in [3.8, 4) is 16.5 Å². The van der Waals surface area contributed by atoms with E-state index in [1.54, 1.807) is 11.3 Å². The molecule has 6 nitrogen and oxygen atoms in total. The molecular formula is C17H16N2O4S. The lowest BCUT2D eigenvalue weighted by atomic mass is 10.1. The highest BCUT2D eigenvalue weighted by molar-refractivity contribution is 7.13. The third kappa shape index (κ3) is 3.99. The Bertz CT molecular complexity index is 796. The van der Waals surface area contributed by atoms with E-state index >= 15 is 0 Å². The summed E-state index contributed by atoms with van der Waals surface area (Å²) in [7, 11) is 0. The van der Waals surface area contributed by atoms with Crippen molar-refractivity contribution < 1.29 is 19.2 Å². The SMILES string of the molecule is CC(Oc1ccc(CCC(=O)O)cc1)c1nc(-c2cccs2)no1. The number of ether oxygens (including phenoxy) is 1. The average Bonchev–Trinajstić information content (AvgIpc) is 3.25. The van der Waals surface area contributed by atoms with Gasteiger partial charge in [-0.1, -0.05) is 23.4 Å². The number of aromatic nitrogens is 2. The van der Waals surface area contributed by atoms with E-state index in [0.717, 1.165) is 10.4 Å². The van der Waals surface area contributed by atoms with E-state index in [1.807, 2.05) is 48.7 Å². The fourth-order valence-corrected chi connectivity index (χ4v) is 2.80. The van der Waals surface area contributed by atoms with Crippen LogP contribution in [0.1, 0.15) is 30.9 Å². The number of hydrogen-bond acceptors (Lipinski definition) is 6. The highest BCUT2D eigenvalue weighted by Crippen LogP contribution is 2.25. The van der Waals surface area contributed by atoms with Gasteiger partial charge in [-0.05, 0) is 42.5 Å². The van der Waals surface area contributed by atoms with Gasteiger partial charge in [-0.25, -0.2) is 0 Å². The molecule has 1 N–H and O–H groups in total. The number of carboxylic acid groups (broad SMARTS) is 1. The first kappa shape index (κ1) is 16.2. The molecule has 0 aliphatic heterocycles. The Morgan fingerprint density at radius 2 is 2.12 bits per heavy atom. The first-order valence-electron chi connectivity index (χ1n) is 7.46. The van der Waals surface area contributed by atoms with Crippen LogP contribution in [0.2, 0.25) is 0 Å². The Balaban J connectivity index is 1.62. The lowest BCUT2D eigenvalue weighted by Crippen LogP contribution is -2.03. The summed E-state index contributed by atoms with van der Waals surface area (Å²) in [4.78, 5) is 15.9. The van der Waals surface area contributed by atoms with Crippen molar-refractivity contribution in [2.24, 2.45) is 0 Å². The zero-order chi connectivity index (χ0) is 16.9. The number of aliphatic carboxylic acids is 1. The second kappa shape index (κ2) is 7.27. The van der Waals surface area contributed by atoms with Crippen LogP contribution in [0.3, 0.4) is 0 Å². The summed E-state index contributed by atoms with van der Waals surface area (Å²) in [5.41, 5.74) is 0.954. The average molecular weight is 344 g/mol. The summed E-state index contributed by atoms with van der Waals surface area (Å²) >= 11 is 1.55. The molecule has 3 rings (SSSR count). The van der Waals surface area contributed by atoms with Gasteiger partial charge < -0.3 is 14.4 Å². The standard InChI is InChI=1S/C17H16N2O4S/c1-11(17-18-16(19-23-17)14-3-2-10-24-14)22-13-7-4-12(5-8-13)6-9-15(20)21/h2-5,7-8,10-11H,6,9H2,1H3,(H,20,21). The maximum Gasteiger partial charge on any atom is 0.303 e. The van der Waals surface area contributed by atoms with E-state index in [9.17, 15) is 4.79 Å². The van der Waals surface area contributed by atoms with Gasteiger partial charge in [0.1, 0.15) is 5.75 Å². The van der Waals surface area contributed by atoms with Crippen molar-refractivity contribution in [2.75, 3.05) is 0 Å². The molecule has 0 aliphatic carbocycles. The van der Waals surface area contributed by atoms with E-state index in [4.69, 9.17) is 14.4 Å². The highest BCUT2D eigenvalue weighted by Gasteiger charge is 2.17. The second-order valence-corrected chi connectivity index (χ2v) is 6.18. The summed E-state index contributed by atoms with van der Waals surface area (Å²) in [6.07, 6.45) is 0.236. The van der Waals surface area contributed by atoms with Crippen molar-refractivity contribution >= 4 is 17.3 Å². The molecule has 0 spiro atoms. The minimum atomic E-state index is -0.804. The van der Waals surface area contributed by atoms with Gasteiger partial charge in [0.25, 0.3) is 5.89 Å². The smallest absolute Gasteiger partial charge is 0.303 e. The van der Waals surface area contributed by atoms with Crippen LogP contribution in [-0.2, 0) is 11.2 Å². The summed E-state index contributed by atoms with van der Waals surface area (Å²) in [6.45, 7) is 1.84. The molecule has 0 fully saturated rings. The van der Waals surface area contributed by atoms with Crippen LogP contribution < -0.4 is 4.74 Å². The molecule has 2 aromatic heterocycles. The molecule has 1 unspecified atom stereocenters. The summed E-state index contributed by atoms with van der Waals surface area (Å²) in [5.74, 6) is 0.826. The molecule has 0 saturated carbocycles. The molecule has 124 valence electrons. The third-order valence-electron chi connectivity index (χ3n) is 3.39. The van der Waals surface area contributed by atoms with Crippen LogP contribution >= 0.6 is 11.3 Å². The van der Waals surface area contributed by atoms with Crippen LogP contribution in [0.5, 0.6) is 5.75 Å². The quantitative estimate of drug-likeness (QED) is 0.698. The minimum absolute atomic E-state index is 0.115. The largest absolute Gasteiger partial charge is 0.481 e. The number of rotatable bonds is 7. The van der Waals surface area contributed by atoms with Crippen molar-refractivity contribution in [1.29, 1.82) is 0 Å². The van der Waals surface area contributed by atoms with Crippen molar-refractivity contribution in [2.45, 2.75) is 25.9 Å². The molecule has 1 atom stereocenters. The Morgan fingerprint density at radius 3 is 2.79 bits per heavy atom. The Labute approximate surface area is 142 Å². The Kier molecular flexibility index (Phi) is 4.90. The van der Waals surface area contributed by atoms with E-state index in [2.05, 4.69) is 10.1 Å². The van der Waals surface area contributed by atoms with E-state index in [-0.39, 0.29) is 12.5 Å². The topological polar surface area (TPSA) is 85.5 Å². The maximum atomic E-state index is 10.6. The molecule has 7 heteroatoms. The number of hydrogen-bond donors (Lipinski definition) is 1. The number of aryl methyl sites for hydroxylation is 1. The first-order chi connectivity index (χ1) is 11.6. The molecule has 24 heavy (non-hydrogen) atoms. The minimum Gasteiger partial charge on any atom is -0.481 e. The predicted molar refractivity (Wildman–Crippen MR) is 89.1 cm³/mol. The normalized spacial score (nSPS) is 12.0. The zero-order valence-corrected chi connectivity index (χ0v) is 13.8. The Morgan fingerprint density at radius 1 is 1.33 bits per heavy atom. The van der Waals surface area contributed by atoms with Gasteiger partial charge in [-0.3, -0.25) is 4.79 Å². The van der Waals surface area contributed by atoms with Crippen LogP contribution in [-0.4, -0.2) is 21.2 Å². The zero-order valence-electron chi connectivity index (χ0n) is 13.0. The first-order valence-corrected chi connectivity index (χ1v) is 8.34. The van der Waals surface area contributed by atoms with Gasteiger partial charge in [0.2, 0.25) is 5.82 Å². The maximum absolute atomic E-state index is 10.6. The van der Waals surface area contributed by atoms with E-state index < -0.39 is 5.97 Å². The molecule has 0 bridgehead atoms. The summed E-state index contributed by atoms with van der Waals surface area (Å²) < 4.78 is 11.1. The molecule has 0 aliphatic rings. The predicted octanol–water partition coefficient (Wildman–Crippen LogP) is 3.96. The molecule has 2 heterocycles. The summed E-state index contributed by atoms with van der Waals surface area (Å²) in [5, 5.41) is 14.6.